The number of rotatable bonds is 2. The zero-order valence-electron chi connectivity index (χ0n) is 12.5. The Morgan fingerprint density at radius 2 is 1.78 bits per heavy atom. The van der Waals surface area contributed by atoms with Gasteiger partial charge in [-0.25, -0.2) is 14.5 Å². The molecule has 3 aromatic heterocycles. The van der Waals surface area contributed by atoms with Crippen LogP contribution in [0.25, 0.3) is 5.65 Å². The molecule has 0 radical (unpaired) electrons. The molecule has 114 valence electrons. The molecule has 0 atom stereocenters. The maximum Gasteiger partial charge on any atom is 0.153 e. The number of fused-ring (bicyclic) bond motifs is 1. The average molecular weight is 305 g/mol. The molecule has 23 heavy (non-hydrogen) atoms. The molecule has 1 aliphatic rings. The van der Waals surface area contributed by atoms with E-state index in [0.717, 1.165) is 43.3 Å². The number of pyridine rings is 1. The molecule has 0 amide bonds. The highest BCUT2D eigenvalue weighted by atomic mass is 15.4. The van der Waals surface area contributed by atoms with Gasteiger partial charge >= 0.3 is 0 Å². The van der Waals surface area contributed by atoms with Crippen LogP contribution in [0.15, 0.2) is 42.9 Å². The van der Waals surface area contributed by atoms with Crippen molar-refractivity contribution < 1.29 is 0 Å². The minimum atomic E-state index is 0.449. The average Bonchev–Trinajstić information content (AvgIpc) is 3.10. The number of nitriles is 1. The van der Waals surface area contributed by atoms with E-state index in [2.05, 4.69) is 24.9 Å². The van der Waals surface area contributed by atoms with E-state index < -0.39 is 0 Å². The van der Waals surface area contributed by atoms with E-state index >= 15 is 0 Å². The number of aromatic nitrogens is 4. The summed E-state index contributed by atoms with van der Waals surface area (Å²) in [4.78, 5) is 12.9. The van der Waals surface area contributed by atoms with Gasteiger partial charge in [-0.3, -0.25) is 0 Å². The summed E-state index contributed by atoms with van der Waals surface area (Å²) in [6, 6.07) is 9.76. The summed E-state index contributed by atoms with van der Waals surface area (Å²) < 4.78 is 1.80. The fraction of sp³-hybridized carbons (Fsp3) is 0.250. The van der Waals surface area contributed by atoms with Gasteiger partial charge < -0.3 is 9.80 Å². The van der Waals surface area contributed by atoms with E-state index in [1.807, 2.05) is 30.5 Å². The van der Waals surface area contributed by atoms with Crippen LogP contribution in [0.1, 0.15) is 5.69 Å². The van der Waals surface area contributed by atoms with Crippen LogP contribution in [0.5, 0.6) is 0 Å². The Labute approximate surface area is 133 Å². The minimum absolute atomic E-state index is 0.449. The molecule has 0 aromatic carbocycles. The predicted molar refractivity (Wildman–Crippen MR) is 86.4 cm³/mol. The Kier molecular flexibility index (Phi) is 3.27. The number of imidazole rings is 1. The van der Waals surface area contributed by atoms with Gasteiger partial charge in [0.2, 0.25) is 0 Å². The maximum atomic E-state index is 8.81. The molecule has 0 aliphatic carbocycles. The van der Waals surface area contributed by atoms with E-state index in [1.165, 1.54) is 0 Å². The molecule has 3 aromatic rings. The van der Waals surface area contributed by atoms with Crippen LogP contribution >= 0.6 is 0 Å². The first-order chi connectivity index (χ1) is 11.3. The van der Waals surface area contributed by atoms with E-state index in [4.69, 9.17) is 5.26 Å². The molecule has 0 unspecified atom stereocenters. The van der Waals surface area contributed by atoms with E-state index in [-0.39, 0.29) is 0 Å². The van der Waals surface area contributed by atoms with Crippen molar-refractivity contribution in [2.24, 2.45) is 0 Å². The van der Waals surface area contributed by atoms with Crippen LogP contribution in [0.4, 0.5) is 11.5 Å². The maximum absolute atomic E-state index is 8.81. The number of piperazine rings is 1. The van der Waals surface area contributed by atoms with E-state index in [1.54, 1.807) is 23.0 Å². The summed E-state index contributed by atoms with van der Waals surface area (Å²) in [7, 11) is 0. The normalized spacial score (nSPS) is 14.9. The van der Waals surface area contributed by atoms with Gasteiger partial charge in [-0.05, 0) is 24.3 Å². The van der Waals surface area contributed by atoms with Crippen LogP contribution in [0, 0.1) is 11.3 Å². The van der Waals surface area contributed by atoms with Crippen molar-refractivity contribution in [2.45, 2.75) is 0 Å². The largest absolute Gasteiger partial charge is 0.367 e. The van der Waals surface area contributed by atoms with Gasteiger partial charge in [0.15, 0.2) is 5.65 Å². The Bertz CT molecular complexity index is 854. The monoisotopic (exact) mass is 305 g/mol. The number of hydrogen-bond acceptors (Lipinski definition) is 6. The fourth-order valence-corrected chi connectivity index (χ4v) is 2.81. The highest BCUT2D eigenvalue weighted by molar-refractivity contribution is 5.50. The van der Waals surface area contributed by atoms with Gasteiger partial charge in [0.05, 0.1) is 11.9 Å². The second kappa shape index (κ2) is 5.57. The first kappa shape index (κ1) is 13.5. The third kappa shape index (κ3) is 2.55. The topological polar surface area (TPSA) is 73.4 Å². The smallest absolute Gasteiger partial charge is 0.153 e. The number of nitrogens with zero attached hydrogens (tertiary/aromatic N) is 7. The lowest BCUT2D eigenvalue weighted by Crippen LogP contribution is -2.47. The number of hydrogen-bond donors (Lipinski definition) is 0. The van der Waals surface area contributed by atoms with Gasteiger partial charge in [0.25, 0.3) is 0 Å². The van der Waals surface area contributed by atoms with Crippen molar-refractivity contribution in [2.75, 3.05) is 36.0 Å². The Morgan fingerprint density at radius 1 is 0.957 bits per heavy atom. The lowest BCUT2D eigenvalue weighted by molar-refractivity contribution is 0.641. The summed E-state index contributed by atoms with van der Waals surface area (Å²) in [6.45, 7) is 3.59. The highest BCUT2D eigenvalue weighted by Crippen LogP contribution is 2.19. The zero-order chi connectivity index (χ0) is 15.6. The molecule has 1 saturated heterocycles. The van der Waals surface area contributed by atoms with Crippen LogP contribution in [-0.4, -0.2) is 45.8 Å². The van der Waals surface area contributed by atoms with Crippen LogP contribution in [0.2, 0.25) is 0 Å². The fourth-order valence-electron chi connectivity index (χ4n) is 2.81. The van der Waals surface area contributed by atoms with Crippen molar-refractivity contribution in [3.8, 4) is 6.07 Å². The quantitative estimate of drug-likeness (QED) is 0.711. The Balaban J connectivity index is 1.46. The van der Waals surface area contributed by atoms with Gasteiger partial charge in [-0.1, -0.05) is 0 Å². The van der Waals surface area contributed by atoms with Gasteiger partial charge in [-0.2, -0.15) is 5.26 Å². The second-order valence-electron chi connectivity index (χ2n) is 5.41. The van der Waals surface area contributed by atoms with E-state index in [0.29, 0.717) is 5.69 Å². The first-order valence-corrected chi connectivity index (χ1v) is 7.50. The SMILES string of the molecule is N#Cc1ccc(N2CCN(c3ccc4nccn4n3)CC2)cn1. The molecule has 7 heteroatoms. The van der Waals surface area contributed by atoms with Crippen molar-refractivity contribution in [1.29, 1.82) is 5.26 Å². The molecule has 7 nitrogen and oxygen atoms in total. The molecule has 0 bridgehead atoms. The molecule has 0 spiro atoms. The zero-order valence-corrected chi connectivity index (χ0v) is 12.5. The molecule has 1 aliphatic heterocycles. The molecule has 0 saturated carbocycles. The summed E-state index contributed by atoms with van der Waals surface area (Å²) in [6.07, 6.45) is 5.38. The Morgan fingerprint density at radius 3 is 2.52 bits per heavy atom. The van der Waals surface area contributed by atoms with Crippen molar-refractivity contribution in [3.05, 3.63) is 48.5 Å². The third-order valence-electron chi connectivity index (χ3n) is 4.07. The van der Waals surface area contributed by atoms with Gasteiger partial charge in [0.1, 0.15) is 17.6 Å². The van der Waals surface area contributed by atoms with Gasteiger partial charge in [-0.15, -0.1) is 5.10 Å². The molecular weight excluding hydrogens is 290 g/mol. The van der Waals surface area contributed by atoms with Crippen LogP contribution < -0.4 is 9.80 Å². The summed E-state index contributed by atoms with van der Waals surface area (Å²) in [5.41, 5.74) is 2.36. The van der Waals surface area contributed by atoms with Crippen LogP contribution in [0.3, 0.4) is 0 Å². The lowest BCUT2D eigenvalue weighted by Gasteiger charge is -2.36. The molecular formula is C16H15N7. The summed E-state index contributed by atoms with van der Waals surface area (Å²) in [5.74, 6) is 0.966. The standard InChI is InChI=1S/C16H15N7/c17-11-13-1-2-14(12-19-13)21-7-9-22(10-8-21)16-4-3-15-18-5-6-23(15)20-16/h1-6,12H,7-10H2. The second-order valence-corrected chi connectivity index (χ2v) is 5.41. The summed E-state index contributed by atoms with van der Waals surface area (Å²) >= 11 is 0. The first-order valence-electron chi connectivity index (χ1n) is 7.50. The van der Waals surface area contributed by atoms with Crippen molar-refractivity contribution >= 4 is 17.2 Å². The Hall–Kier alpha value is -3.14. The van der Waals surface area contributed by atoms with Crippen LogP contribution in [-0.2, 0) is 0 Å². The predicted octanol–water partition coefficient (Wildman–Crippen LogP) is 1.32. The highest BCUT2D eigenvalue weighted by Gasteiger charge is 2.19. The van der Waals surface area contributed by atoms with Crippen molar-refractivity contribution in [1.82, 2.24) is 19.6 Å². The molecule has 4 heterocycles. The minimum Gasteiger partial charge on any atom is -0.367 e. The lowest BCUT2D eigenvalue weighted by atomic mass is 10.2. The summed E-state index contributed by atoms with van der Waals surface area (Å²) in [5, 5.41) is 13.4. The molecule has 4 rings (SSSR count). The van der Waals surface area contributed by atoms with Crippen molar-refractivity contribution in [3.63, 3.8) is 0 Å². The van der Waals surface area contributed by atoms with E-state index in [9.17, 15) is 0 Å². The molecule has 1 fully saturated rings. The third-order valence-corrected chi connectivity index (χ3v) is 4.07. The number of anilines is 2. The van der Waals surface area contributed by atoms with Gasteiger partial charge in [0, 0.05) is 38.6 Å². The molecule has 0 N–H and O–H groups in total.